The molecule has 0 aliphatic heterocycles. The summed E-state index contributed by atoms with van der Waals surface area (Å²) in [5.41, 5.74) is 0.154. The molecule has 0 aliphatic carbocycles. The molecule has 0 aromatic heterocycles. The first-order valence-electron chi connectivity index (χ1n) is 6.66. The van der Waals surface area contributed by atoms with E-state index in [1.807, 2.05) is 20.8 Å². The topological polar surface area (TPSA) is 58.6 Å². The number of rotatable bonds is 6. The third-order valence-corrected chi connectivity index (χ3v) is 3.16. The van der Waals surface area contributed by atoms with E-state index in [0.717, 1.165) is 6.42 Å². The van der Waals surface area contributed by atoms with Crippen LogP contribution in [0.25, 0.3) is 0 Å². The monoisotopic (exact) mass is 283 g/mol. The van der Waals surface area contributed by atoms with Crippen molar-refractivity contribution in [3.63, 3.8) is 0 Å². The van der Waals surface area contributed by atoms with E-state index in [9.17, 15) is 14.3 Å². The van der Waals surface area contributed by atoms with Gasteiger partial charge >= 0.3 is 0 Å². The summed E-state index contributed by atoms with van der Waals surface area (Å²) in [6.45, 7) is 7.09. The summed E-state index contributed by atoms with van der Waals surface area (Å²) in [6, 6.07) is 4.18. The number of benzene rings is 1. The van der Waals surface area contributed by atoms with Gasteiger partial charge in [-0.3, -0.25) is 4.79 Å². The highest BCUT2D eigenvalue weighted by molar-refractivity contribution is 5.78. The largest absolute Gasteiger partial charge is 0.481 e. The minimum atomic E-state index is -0.743. The summed E-state index contributed by atoms with van der Waals surface area (Å²) >= 11 is 0. The van der Waals surface area contributed by atoms with Crippen molar-refractivity contribution >= 4 is 5.91 Å². The number of carbonyl (C=O) groups excluding carboxylic acids is 1. The fourth-order valence-electron chi connectivity index (χ4n) is 1.54. The summed E-state index contributed by atoms with van der Waals surface area (Å²) in [5, 5.41) is 12.1. The van der Waals surface area contributed by atoms with Crippen molar-refractivity contribution in [2.24, 2.45) is 0 Å². The quantitative estimate of drug-likeness (QED) is 0.843. The Labute approximate surface area is 119 Å². The number of nitrogens with one attached hydrogen (secondary N) is 1. The van der Waals surface area contributed by atoms with E-state index in [2.05, 4.69) is 5.32 Å². The van der Waals surface area contributed by atoms with Crippen molar-refractivity contribution in [1.82, 2.24) is 5.32 Å². The van der Waals surface area contributed by atoms with Crippen LogP contribution in [0, 0.1) is 5.82 Å². The number of amides is 1. The molecule has 1 amide bonds. The summed E-state index contributed by atoms with van der Waals surface area (Å²) < 4.78 is 18.9. The fraction of sp³-hybridized carbons (Fsp3) is 0.533. The lowest BCUT2D eigenvalue weighted by molar-refractivity contribution is -0.124. The van der Waals surface area contributed by atoms with Gasteiger partial charge in [0.25, 0.3) is 5.91 Å². The van der Waals surface area contributed by atoms with E-state index in [1.54, 1.807) is 13.0 Å². The highest BCUT2D eigenvalue weighted by atomic mass is 19.1. The molecule has 0 heterocycles. The van der Waals surface area contributed by atoms with Crippen molar-refractivity contribution in [2.75, 3.05) is 6.61 Å². The van der Waals surface area contributed by atoms with E-state index in [4.69, 9.17) is 4.74 Å². The maximum Gasteiger partial charge on any atom is 0.258 e. The third-order valence-electron chi connectivity index (χ3n) is 3.16. The van der Waals surface area contributed by atoms with Crippen LogP contribution >= 0.6 is 0 Å². The molecule has 5 heteroatoms. The van der Waals surface area contributed by atoms with Gasteiger partial charge in [0.2, 0.25) is 0 Å². The predicted octanol–water partition coefficient (Wildman–Crippen LogP) is 2.56. The van der Waals surface area contributed by atoms with Crippen LogP contribution in [0.1, 0.15) is 45.8 Å². The van der Waals surface area contributed by atoms with Gasteiger partial charge in [0.1, 0.15) is 0 Å². The summed E-state index contributed by atoms with van der Waals surface area (Å²) in [5.74, 6) is -0.888. The lowest BCUT2D eigenvalue weighted by Crippen LogP contribution is -2.44. The zero-order valence-electron chi connectivity index (χ0n) is 12.4. The zero-order chi connectivity index (χ0) is 15.3. The molecule has 112 valence electrons. The van der Waals surface area contributed by atoms with E-state index >= 15 is 0 Å². The zero-order valence-corrected chi connectivity index (χ0v) is 12.4. The SMILES string of the molecule is CCC(C)(C)NC(=O)COc1ccc([C@H](C)O)cc1F. The van der Waals surface area contributed by atoms with Gasteiger partial charge in [-0.25, -0.2) is 4.39 Å². The maximum absolute atomic E-state index is 13.7. The van der Waals surface area contributed by atoms with Gasteiger partial charge in [0.05, 0.1) is 6.10 Å². The minimum Gasteiger partial charge on any atom is -0.481 e. The molecule has 0 unspecified atom stereocenters. The fourth-order valence-corrected chi connectivity index (χ4v) is 1.54. The average Bonchev–Trinajstić information content (AvgIpc) is 2.36. The van der Waals surface area contributed by atoms with Gasteiger partial charge in [0, 0.05) is 5.54 Å². The van der Waals surface area contributed by atoms with Crippen LogP contribution in [-0.4, -0.2) is 23.2 Å². The Balaban J connectivity index is 2.60. The van der Waals surface area contributed by atoms with Crippen LogP contribution in [0.2, 0.25) is 0 Å². The highest BCUT2D eigenvalue weighted by Gasteiger charge is 2.18. The maximum atomic E-state index is 13.7. The third kappa shape index (κ3) is 4.81. The Morgan fingerprint density at radius 3 is 2.65 bits per heavy atom. The van der Waals surface area contributed by atoms with Gasteiger partial charge in [0.15, 0.2) is 18.2 Å². The first kappa shape index (κ1) is 16.4. The molecule has 0 fully saturated rings. The molecule has 1 aromatic carbocycles. The van der Waals surface area contributed by atoms with Gasteiger partial charge in [-0.1, -0.05) is 13.0 Å². The van der Waals surface area contributed by atoms with Crippen LogP contribution in [-0.2, 0) is 4.79 Å². The number of carbonyl (C=O) groups is 1. The molecule has 2 N–H and O–H groups in total. The average molecular weight is 283 g/mol. The second-order valence-corrected chi connectivity index (χ2v) is 5.44. The smallest absolute Gasteiger partial charge is 0.258 e. The molecular formula is C15H22FNO3. The molecule has 20 heavy (non-hydrogen) atoms. The van der Waals surface area contributed by atoms with Crippen molar-refractivity contribution in [3.8, 4) is 5.75 Å². The van der Waals surface area contributed by atoms with Crippen molar-refractivity contribution < 1.29 is 19.0 Å². The van der Waals surface area contributed by atoms with Gasteiger partial charge < -0.3 is 15.2 Å². The van der Waals surface area contributed by atoms with E-state index < -0.39 is 11.9 Å². The van der Waals surface area contributed by atoms with Crippen LogP contribution in [0.4, 0.5) is 4.39 Å². The van der Waals surface area contributed by atoms with Crippen LogP contribution < -0.4 is 10.1 Å². The van der Waals surface area contributed by atoms with Crippen LogP contribution in [0.3, 0.4) is 0 Å². The Kier molecular flexibility index (Phi) is 5.51. The molecule has 0 saturated carbocycles. The lowest BCUT2D eigenvalue weighted by Gasteiger charge is -2.24. The summed E-state index contributed by atoms with van der Waals surface area (Å²) in [7, 11) is 0. The Bertz CT molecular complexity index is 472. The highest BCUT2D eigenvalue weighted by Crippen LogP contribution is 2.21. The minimum absolute atomic E-state index is 0.00106. The molecule has 0 bridgehead atoms. The molecule has 1 rings (SSSR count). The molecule has 1 aromatic rings. The molecule has 4 nitrogen and oxygen atoms in total. The number of hydrogen-bond donors (Lipinski definition) is 2. The van der Waals surface area contributed by atoms with E-state index in [-0.39, 0.29) is 23.8 Å². The Morgan fingerprint density at radius 1 is 1.50 bits per heavy atom. The first-order chi connectivity index (χ1) is 9.25. The Morgan fingerprint density at radius 2 is 2.15 bits per heavy atom. The van der Waals surface area contributed by atoms with Crippen molar-refractivity contribution in [3.05, 3.63) is 29.6 Å². The molecular weight excluding hydrogens is 261 g/mol. The summed E-state index contributed by atoms with van der Waals surface area (Å²) in [4.78, 5) is 11.7. The molecule has 0 aliphatic rings. The first-order valence-corrected chi connectivity index (χ1v) is 6.66. The molecule has 1 atom stereocenters. The van der Waals surface area contributed by atoms with Crippen LogP contribution in [0.5, 0.6) is 5.75 Å². The predicted molar refractivity (Wildman–Crippen MR) is 75.0 cm³/mol. The van der Waals surface area contributed by atoms with E-state index in [0.29, 0.717) is 5.56 Å². The van der Waals surface area contributed by atoms with Crippen LogP contribution in [0.15, 0.2) is 18.2 Å². The summed E-state index contributed by atoms with van der Waals surface area (Å²) in [6.07, 6.45) is 0.0446. The van der Waals surface area contributed by atoms with Crippen molar-refractivity contribution in [1.29, 1.82) is 0 Å². The normalized spacial score (nSPS) is 12.9. The number of aliphatic hydroxyl groups is 1. The number of ether oxygens (including phenoxy) is 1. The van der Waals surface area contributed by atoms with Gasteiger partial charge in [-0.05, 0) is 44.9 Å². The molecule has 0 saturated heterocycles. The van der Waals surface area contributed by atoms with Gasteiger partial charge in [-0.2, -0.15) is 0 Å². The number of hydrogen-bond acceptors (Lipinski definition) is 3. The Hall–Kier alpha value is -1.62. The number of halogens is 1. The van der Waals surface area contributed by atoms with Gasteiger partial charge in [-0.15, -0.1) is 0 Å². The second kappa shape index (κ2) is 6.70. The number of aliphatic hydroxyl groups excluding tert-OH is 1. The van der Waals surface area contributed by atoms with Crippen molar-refractivity contribution in [2.45, 2.75) is 45.8 Å². The molecule has 0 spiro atoms. The molecule has 0 radical (unpaired) electrons. The second-order valence-electron chi connectivity index (χ2n) is 5.44. The van der Waals surface area contributed by atoms with E-state index in [1.165, 1.54) is 12.1 Å². The standard InChI is InChI=1S/C15H22FNO3/c1-5-15(3,4)17-14(19)9-20-13-7-6-11(10(2)18)8-12(13)16/h6-8,10,18H,5,9H2,1-4H3,(H,17,19)/t10-/m0/s1. The lowest BCUT2D eigenvalue weighted by atomic mass is 10.0.